The van der Waals surface area contributed by atoms with Crippen molar-refractivity contribution < 1.29 is 9.90 Å². The highest BCUT2D eigenvalue weighted by molar-refractivity contribution is 7.19. The fourth-order valence-corrected chi connectivity index (χ4v) is 3.98. The van der Waals surface area contributed by atoms with Gasteiger partial charge in [0.2, 0.25) is 0 Å². The summed E-state index contributed by atoms with van der Waals surface area (Å²) in [5.74, 6) is 0.505. The summed E-state index contributed by atoms with van der Waals surface area (Å²) in [6.07, 6.45) is -0.618. The van der Waals surface area contributed by atoms with Crippen LogP contribution in [-0.2, 0) is 6.54 Å². The maximum atomic E-state index is 11.8. The average Bonchev–Trinajstić information content (AvgIpc) is 3.19. The van der Waals surface area contributed by atoms with Gasteiger partial charge in [0.1, 0.15) is 6.10 Å². The number of guanidine groups is 1. The SMILES string of the molecule is CCNC(=NCc1cccc(C(=O)NC)c1)NCC(O)c1cc2ccccc2s1. The molecule has 6 nitrogen and oxygen atoms in total. The van der Waals surface area contributed by atoms with Crippen molar-refractivity contribution in [2.24, 2.45) is 4.99 Å². The molecule has 0 bridgehead atoms. The van der Waals surface area contributed by atoms with Gasteiger partial charge in [0.15, 0.2) is 5.96 Å². The van der Waals surface area contributed by atoms with Crippen molar-refractivity contribution in [2.45, 2.75) is 19.6 Å². The van der Waals surface area contributed by atoms with E-state index in [0.29, 0.717) is 31.2 Å². The molecule has 0 aliphatic rings. The summed E-state index contributed by atoms with van der Waals surface area (Å²) < 4.78 is 1.16. The monoisotopic (exact) mass is 410 g/mol. The molecule has 2 aromatic carbocycles. The highest BCUT2D eigenvalue weighted by atomic mass is 32.1. The Labute approximate surface area is 174 Å². The van der Waals surface area contributed by atoms with Crippen molar-refractivity contribution in [1.29, 1.82) is 0 Å². The molecule has 4 N–H and O–H groups in total. The molecule has 1 heterocycles. The van der Waals surface area contributed by atoms with Crippen molar-refractivity contribution in [2.75, 3.05) is 20.1 Å². The van der Waals surface area contributed by atoms with E-state index in [1.165, 1.54) is 0 Å². The minimum atomic E-state index is -0.618. The number of benzene rings is 2. The summed E-state index contributed by atoms with van der Waals surface area (Å²) in [5.41, 5.74) is 1.55. The van der Waals surface area contributed by atoms with Gasteiger partial charge in [-0.25, -0.2) is 4.99 Å². The highest BCUT2D eigenvalue weighted by Crippen LogP contribution is 2.29. The van der Waals surface area contributed by atoms with Gasteiger partial charge in [-0.2, -0.15) is 0 Å². The molecule has 0 spiro atoms. The zero-order valence-corrected chi connectivity index (χ0v) is 17.4. The van der Waals surface area contributed by atoms with Crippen LogP contribution in [0.3, 0.4) is 0 Å². The smallest absolute Gasteiger partial charge is 0.251 e. The summed E-state index contributed by atoms with van der Waals surface area (Å²) >= 11 is 1.60. The summed E-state index contributed by atoms with van der Waals surface area (Å²) in [4.78, 5) is 17.3. The molecule has 3 aromatic rings. The number of hydrogen-bond donors (Lipinski definition) is 4. The van der Waals surface area contributed by atoms with E-state index < -0.39 is 6.10 Å². The molecule has 1 unspecified atom stereocenters. The van der Waals surface area contributed by atoms with Crippen molar-refractivity contribution in [3.05, 3.63) is 70.6 Å². The zero-order chi connectivity index (χ0) is 20.6. The van der Waals surface area contributed by atoms with Crippen LogP contribution in [0.1, 0.15) is 33.8 Å². The standard InChI is InChI=1S/C22H26N4O2S/c1-3-24-22(25-13-15-7-6-9-17(11-15)21(28)23-2)26-14-18(27)20-12-16-8-4-5-10-19(16)29-20/h4-12,18,27H,3,13-14H2,1-2H3,(H,23,28)(H2,24,25,26). The lowest BCUT2D eigenvalue weighted by atomic mass is 10.1. The Kier molecular flexibility index (Phi) is 7.21. The van der Waals surface area contributed by atoms with Crippen LogP contribution in [0.4, 0.5) is 0 Å². The fraction of sp³-hybridized carbons (Fsp3) is 0.273. The van der Waals surface area contributed by atoms with Crippen molar-refractivity contribution in [3.63, 3.8) is 0 Å². The van der Waals surface area contributed by atoms with E-state index in [0.717, 1.165) is 20.5 Å². The van der Waals surface area contributed by atoms with E-state index >= 15 is 0 Å². The van der Waals surface area contributed by atoms with Crippen LogP contribution >= 0.6 is 11.3 Å². The first-order valence-electron chi connectivity index (χ1n) is 9.60. The Hall–Kier alpha value is -2.90. The van der Waals surface area contributed by atoms with Crippen LogP contribution in [0.25, 0.3) is 10.1 Å². The Bertz CT molecular complexity index is 966. The van der Waals surface area contributed by atoms with Gasteiger partial charge in [-0.05, 0) is 42.1 Å². The number of carbonyl (C=O) groups excluding carboxylic acids is 1. The predicted octanol–water partition coefficient (Wildman–Crippen LogP) is 3.05. The minimum Gasteiger partial charge on any atom is -0.386 e. The van der Waals surface area contributed by atoms with Crippen LogP contribution < -0.4 is 16.0 Å². The van der Waals surface area contributed by atoms with E-state index in [4.69, 9.17) is 0 Å². The quantitative estimate of drug-likeness (QED) is 0.356. The van der Waals surface area contributed by atoms with Gasteiger partial charge >= 0.3 is 0 Å². The number of thiophene rings is 1. The van der Waals surface area contributed by atoms with E-state index in [1.54, 1.807) is 24.5 Å². The normalized spacial score (nSPS) is 12.6. The lowest BCUT2D eigenvalue weighted by Crippen LogP contribution is -2.39. The van der Waals surface area contributed by atoms with Gasteiger partial charge in [-0.3, -0.25) is 4.79 Å². The van der Waals surface area contributed by atoms with Crippen LogP contribution in [-0.4, -0.2) is 37.1 Å². The maximum absolute atomic E-state index is 11.8. The number of nitrogens with one attached hydrogen (secondary N) is 3. The number of carbonyl (C=O) groups is 1. The third-order valence-corrected chi connectivity index (χ3v) is 5.63. The van der Waals surface area contributed by atoms with Crippen molar-refractivity contribution >= 4 is 33.3 Å². The van der Waals surface area contributed by atoms with Gasteiger partial charge in [-0.15, -0.1) is 11.3 Å². The predicted molar refractivity (Wildman–Crippen MR) is 119 cm³/mol. The molecule has 0 aliphatic heterocycles. The molecule has 1 aromatic heterocycles. The first-order valence-corrected chi connectivity index (χ1v) is 10.4. The second-order valence-electron chi connectivity index (χ2n) is 6.56. The Morgan fingerprint density at radius 1 is 1.14 bits per heavy atom. The summed E-state index contributed by atoms with van der Waals surface area (Å²) in [6, 6.07) is 17.5. The lowest BCUT2D eigenvalue weighted by molar-refractivity contribution is 0.0963. The van der Waals surface area contributed by atoms with Gasteiger partial charge < -0.3 is 21.1 Å². The highest BCUT2D eigenvalue weighted by Gasteiger charge is 2.12. The molecule has 29 heavy (non-hydrogen) atoms. The van der Waals surface area contributed by atoms with E-state index in [2.05, 4.69) is 27.0 Å². The summed E-state index contributed by atoms with van der Waals surface area (Å²) in [6.45, 7) is 3.49. The van der Waals surface area contributed by atoms with Crippen LogP contribution in [0.2, 0.25) is 0 Å². The molecule has 7 heteroatoms. The Balaban J connectivity index is 1.64. The van der Waals surface area contributed by atoms with Crippen molar-refractivity contribution in [1.82, 2.24) is 16.0 Å². The molecule has 0 saturated carbocycles. The number of aliphatic hydroxyl groups excluding tert-OH is 1. The third kappa shape index (κ3) is 5.56. The number of rotatable bonds is 7. The maximum Gasteiger partial charge on any atom is 0.251 e. The first kappa shape index (κ1) is 20.8. The molecule has 0 radical (unpaired) electrons. The molecular weight excluding hydrogens is 384 g/mol. The molecule has 3 rings (SSSR count). The van der Waals surface area contributed by atoms with Crippen LogP contribution in [0, 0.1) is 0 Å². The van der Waals surface area contributed by atoms with Gasteiger partial charge in [-0.1, -0.05) is 30.3 Å². The number of amides is 1. The number of fused-ring (bicyclic) bond motifs is 1. The minimum absolute atomic E-state index is 0.118. The molecular formula is C22H26N4O2S. The van der Waals surface area contributed by atoms with Crippen LogP contribution in [0.15, 0.2) is 59.6 Å². The van der Waals surface area contributed by atoms with Gasteiger partial charge in [0, 0.05) is 35.3 Å². The molecule has 1 atom stereocenters. The van der Waals surface area contributed by atoms with Gasteiger partial charge in [0.05, 0.1) is 6.54 Å². The number of nitrogens with zero attached hydrogens (tertiary/aromatic N) is 1. The van der Waals surface area contributed by atoms with Gasteiger partial charge in [0.25, 0.3) is 5.91 Å². The number of hydrogen-bond acceptors (Lipinski definition) is 4. The largest absolute Gasteiger partial charge is 0.386 e. The molecule has 0 saturated heterocycles. The topological polar surface area (TPSA) is 85.8 Å². The van der Waals surface area contributed by atoms with Crippen molar-refractivity contribution in [3.8, 4) is 0 Å². The number of aliphatic hydroxyl groups is 1. The lowest BCUT2D eigenvalue weighted by Gasteiger charge is -2.14. The average molecular weight is 411 g/mol. The fourth-order valence-electron chi connectivity index (χ4n) is 2.93. The van der Waals surface area contributed by atoms with E-state index in [-0.39, 0.29) is 5.91 Å². The van der Waals surface area contributed by atoms with E-state index in [1.807, 2.05) is 49.4 Å². The summed E-state index contributed by atoms with van der Waals surface area (Å²) in [5, 5.41) is 20.7. The second kappa shape index (κ2) is 10.0. The summed E-state index contributed by atoms with van der Waals surface area (Å²) in [7, 11) is 1.61. The zero-order valence-electron chi connectivity index (χ0n) is 16.6. The molecule has 152 valence electrons. The molecule has 0 fully saturated rings. The number of aliphatic imine (C=N–C) groups is 1. The Morgan fingerprint density at radius 3 is 2.72 bits per heavy atom. The molecule has 1 amide bonds. The van der Waals surface area contributed by atoms with E-state index in [9.17, 15) is 9.90 Å². The second-order valence-corrected chi connectivity index (χ2v) is 7.67. The van der Waals surface area contributed by atoms with Crippen LogP contribution in [0.5, 0.6) is 0 Å². The third-order valence-electron chi connectivity index (χ3n) is 4.42. The first-order chi connectivity index (χ1) is 14.1. The Morgan fingerprint density at radius 2 is 1.97 bits per heavy atom. The molecule has 0 aliphatic carbocycles.